The van der Waals surface area contributed by atoms with Crippen molar-refractivity contribution in [3.8, 4) is 0 Å². The Balaban J connectivity index is 1.60. The lowest BCUT2D eigenvalue weighted by molar-refractivity contribution is -0.139. The lowest BCUT2D eigenvalue weighted by Crippen LogP contribution is -2.55. The first kappa shape index (κ1) is 18.3. The number of carboxylic acid groups (broad SMARTS) is 1. The molecule has 2 N–H and O–H groups in total. The Bertz CT molecular complexity index is 758. The largest absolute Gasteiger partial charge is 0.480 e. The number of aryl methyl sites for hydroxylation is 1. The quantitative estimate of drug-likeness (QED) is 0.728. The maximum atomic E-state index is 13.8. The fourth-order valence-corrected chi connectivity index (χ4v) is 4.65. The van der Waals surface area contributed by atoms with E-state index < -0.39 is 21.8 Å². The zero-order valence-corrected chi connectivity index (χ0v) is 14.9. The number of nitrogens with zero attached hydrogens (tertiary/aromatic N) is 1. The highest BCUT2D eigenvalue weighted by molar-refractivity contribution is 7.89. The first-order chi connectivity index (χ1) is 11.7. The summed E-state index contributed by atoms with van der Waals surface area (Å²) in [7, 11) is -3.92. The van der Waals surface area contributed by atoms with Crippen molar-refractivity contribution in [2.24, 2.45) is 5.92 Å². The minimum absolute atomic E-state index is 0.0207. The van der Waals surface area contributed by atoms with Gasteiger partial charge in [0, 0.05) is 18.6 Å². The van der Waals surface area contributed by atoms with Crippen molar-refractivity contribution < 1.29 is 22.7 Å². The van der Waals surface area contributed by atoms with Gasteiger partial charge in [-0.2, -0.15) is 0 Å². The number of aliphatic carboxylic acids is 1. The van der Waals surface area contributed by atoms with Gasteiger partial charge in [-0.15, -0.1) is 0 Å². The van der Waals surface area contributed by atoms with Crippen LogP contribution in [0.25, 0.3) is 0 Å². The van der Waals surface area contributed by atoms with Crippen LogP contribution in [0.4, 0.5) is 4.39 Å². The fourth-order valence-electron chi connectivity index (χ4n) is 3.23. The minimum atomic E-state index is -3.92. The number of nitrogens with one attached hydrogen (secondary N) is 1. The summed E-state index contributed by atoms with van der Waals surface area (Å²) in [5, 5.41) is 9.05. The van der Waals surface area contributed by atoms with Crippen molar-refractivity contribution in [1.29, 1.82) is 0 Å². The van der Waals surface area contributed by atoms with Crippen molar-refractivity contribution in [3.63, 3.8) is 0 Å². The Morgan fingerprint density at radius 1 is 1.36 bits per heavy atom. The highest BCUT2D eigenvalue weighted by atomic mass is 32.2. The summed E-state index contributed by atoms with van der Waals surface area (Å²) >= 11 is 0. The van der Waals surface area contributed by atoms with E-state index in [1.54, 1.807) is 6.92 Å². The molecule has 2 saturated carbocycles. The van der Waals surface area contributed by atoms with Gasteiger partial charge in [0.2, 0.25) is 10.0 Å². The molecule has 3 rings (SSSR count). The summed E-state index contributed by atoms with van der Waals surface area (Å²) in [4.78, 5) is 12.6. The molecule has 25 heavy (non-hydrogen) atoms. The molecule has 138 valence electrons. The molecule has 0 atom stereocenters. The highest BCUT2D eigenvalue weighted by Gasteiger charge is 2.39. The van der Waals surface area contributed by atoms with Crippen LogP contribution in [-0.2, 0) is 14.8 Å². The summed E-state index contributed by atoms with van der Waals surface area (Å²) in [5.41, 5.74) is 0.672. The minimum Gasteiger partial charge on any atom is -0.480 e. The number of hydrogen-bond acceptors (Lipinski definition) is 4. The summed E-state index contributed by atoms with van der Waals surface area (Å²) in [6.45, 7) is 2.44. The van der Waals surface area contributed by atoms with E-state index in [0.29, 0.717) is 24.3 Å². The Labute approximate surface area is 147 Å². The van der Waals surface area contributed by atoms with Crippen LogP contribution in [0.3, 0.4) is 0 Å². The monoisotopic (exact) mass is 370 g/mol. The van der Waals surface area contributed by atoms with Gasteiger partial charge in [-0.3, -0.25) is 9.69 Å². The maximum absolute atomic E-state index is 13.8. The second-order valence-corrected chi connectivity index (χ2v) is 8.83. The van der Waals surface area contributed by atoms with Gasteiger partial charge in [0.1, 0.15) is 10.7 Å². The molecule has 0 saturated heterocycles. The van der Waals surface area contributed by atoms with Crippen molar-refractivity contribution in [3.05, 3.63) is 29.6 Å². The highest BCUT2D eigenvalue weighted by Crippen LogP contribution is 2.34. The van der Waals surface area contributed by atoms with Gasteiger partial charge in [0.05, 0.1) is 6.54 Å². The van der Waals surface area contributed by atoms with Gasteiger partial charge >= 0.3 is 5.97 Å². The smallest absolute Gasteiger partial charge is 0.317 e. The zero-order chi connectivity index (χ0) is 18.2. The van der Waals surface area contributed by atoms with Crippen LogP contribution >= 0.6 is 0 Å². The average molecular weight is 370 g/mol. The SMILES string of the molecule is Cc1ccc(F)c(S(=O)(=O)NC2CC(N(CC(=O)O)CC3CC3)C2)c1. The third-order valence-corrected chi connectivity index (χ3v) is 6.39. The molecule has 0 heterocycles. The third kappa shape index (κ3) is 4.56. The van der Waals surface area contributed by atoms with E-state index in [0.717, 1.165) is 25.5 Å². The van der Waals surface area contributed by atoms with Crippen LogP contribution in [0.5, 0.6) is 0 Å². The Morgan fingerprint density at radius 2 is 2.04 bits per heavy atom. The van der Waals surface area contributed by atoms with Gasteiger partial charge < -0.3 is 5.11 Å². The first-order valence-electron chi connectivity index (χ1n) is 8.49. The molecule has 2 aliphatic carbocycles. The molecular weight excluding hydrogens is 347 g/mol. The molecule has 0 aromatic heterocycles. The van der Waals surface area contributed by atoms with Crippen LogP contribution in [-0.4, -0.2) is 49.6 Å². The molecule has 2 fully saturated rings. The summed E-state index contributed by atoms with van der Waals surface area (Å²) in [6, 6.07) is 3.77. The van der Waals surface area contributed by atoms with E-state index in [-0.39, 0.29) is 23.5 Å². The summed E-state index contributed by atoms with van der Waals surface area (Å²) < 4.78 is 41.2. The molecule has 6 nitrogen and oxygen atoms in total. The van der Waals surface area contributed by atoms with Gasteiger partial charge in [0.25, 0.3) is 0 Å². The van der Waals surface area contributed by atoms with Crippen molar-refractivity contribution in [2.45, 2.75) is 49.6 Å². The zero-order valence-electron chi connectivity index (χ0n) is 14.1. The third-order valence-electron chi connectivity index (χ3n) is 4.86. The fraction of sp³-hybridized carbons (Fsp3) is 0.588. The van der Waals surface area contributed by atoms with Gasteiger partial charge in [-0.25, -0.2) is 17.5 Å². The van der Waals surface area contributed by atoms with E-state index in [2.05, 4.69) is 4.72 Å². The standard InChI is InChI=1S/C17H23FN2O4S/c1-11-2-5-15(18)16(6-11)25(23,24)19-13-7-14(8-13)20(10-17(21)22)9-12-3-4-12/h2,5-6,12-14,19H,3-4,7-10H2,1H3,(H,21,22). The van der Waals surface area contributed by atoms with Crippen molar-refractivity contribution in [2.75, 3.05) is 13.1 Å². The molecule has 8 heteroatoms. The Morgan fingerprint density at radius 3 is 2.64 bits per heavy atom. The number of halogens is 1. The van der Waals surface area contributed by atoms with Gasteiger partial charge in [0.15, 0.2) is 0 Å². The van der Waals surface area contributed by atoms with Crippen molar-refractivity contribution in [1.82, 2.24) is 9.62 Å². The molecule has 1 aromatic carbocycles. The van der Waals surface area contributed by atoms with Crippen LogP contribution in [0, 0.1) is 18.7 Å². The Kier molecular flexibility index (Phi) is 5.13. The molecule has 0 unspecified atom stereocenters. The summed E-state index contributed by atoms with van der Waals surface area (Å²) in [5.74, 6) is -1.07. The van der Waals surface area contributed by atoms with Crippen LogP contribution in [0.1, 0.15) is 31.2 Å². The van der Waals surface area contributed by atoms with E-state index in [4.69, 9.17) is 5.11 Å². The molecule has 1 aromatic rings. The Hall–Kier alpha value is -1.51. The van der Waals surface area contributed by atoms with E-state index in [1.165, 1.54) is 12.1 Å². The average Bonchev–Trinajstić information content (AvgIpc) is 3.28. The van der Waals surface area contributed by atoms with Crippen LogP contribution in [0.15, 0.2) is 23.1 Å². The molecule has 0 bridgehead atoms. The predicted octanol–water partition coefficient (Wildman–Crippen LogP) is 1.74. The molecular formula is C17H23FN2O4S. The van der Waals surface area contributed by atoms with Crippen LogP contribution < -0.4 is 4.72 Å². The molecule has 2 aliphatic rings. The number of benzene rings is 1. The lowest BCUT2D eigenvalue weighted by atomic mass is 9.86. The summed E-state index contributed by atoms with van der Waals surface area (Å²) in [6.07, 6.45) is 3.36. The second kappa shape index (κ2) is 7.01. The van der Waals surface area contributed by atoms with E-state index >= 15 is 0 Å². The van der Waals surface area contributed by atoms with E-state index in [9.17, 15) is 17.6 Å². The second-order valence-electron chi connectivity index (χ2n) is 7.14. The molecule has 0 aliphatic heterocycles. The number of hydrogen-bond donors (Lipinski definition) is 2. The molecule has 0 radical (unpaired) electrons. The van der Waals surface area contributed by atoms with E-state index in [1.807, 2.05) is 4.90 Å². The number of sulfonamides is 1. The molecule has 0 amide bonds. The van der Waals surface area contributed by atoms with Gasteiger partial charge in [-0.05, 0) is 56.2 Å². The number of carboxylic acids is 1. The number of carbonyl (C=O) groups is 1. The lowest BCUT2D eigenvalue weighted by Gasteiger charge is -2.42. The topological polar surface area (TPSA) is 86.7 Å². The first-order valence-corrected chi connectivity index (χ1v) is 9.97. The molecule has 0 spiro atoms. The van der Waals surface area contributed by atoms with Crippen LogP contribution in [0.2, 0.25) is 0 Å². The van der Waals surface area contributed by atoms with Gasteiger partial charge in [-0.1, -0.05) is 6.07 Å². The predicted molar refractivity (Wildman–Crippen MR) is 90.2 cm³/mol. The van der Waals surface area contributed by atoms with Crippen molar-refractivity contribution >= 4 is 16.0 Å². The number of rotatable bonds is 8. The maximum Gasteiger partial charge on any atom is 0.317 e. The normalized spacial score (nSPS) is 23.5.